The fourth-order valence-corrected chi connectivity index (χ4v) is 1.68. The normalized spacial score (nSPS) is 11.1. The standard InChI is InChI=1S/C16H20N2O3/c1-17-14(11-12-15(19)20)16(21)18-13-9-7-5-3-2-4-6-8-10-13/h2-10,14,17H,11-12H2,1H3,(H,18,21)(H,19,20)/t14-/m0/s1. The Hall–Kier alpha value is -2.40. The summed E-state index contributed by atoms with van der Waals surface area (Å²) >= 11 is 0. The van der Waals surface area contributed by atoms with Crippen LogP contribution in [0.25, 0.3) is 0 Å². The molecule has 0 bridgehead atoms. The number of anilines is 1. The number of carboxylic acid groups (broad SMARTS) is 1. The largest absolute Gasteiger partial charge is 0.481 e. The number of aliphatic carboxylic acids is 1. The van der Waals surface area contributed by atoms with Crippen molar-refractivity contribution in [2.45, 2.75) is 18.9 Å². The monoisotopic (exact) mass is 288 g/mol. The van der Waals surface area contributed by atoms with Gasteiger partial charge >= 0.3 is 5.97 Å². The van der Waals surface area contributed by atoms with Crippen LogP contribution in [-0.2, 0) is 9.59 Å². The number of carbonyl (C=O) groups excluding carboxylic acids is 1. The summed E-state index contributed by atoms with van der Waals surface area (Å²) in [6.07, 6.45) is 0.189. The van der Waals surface area contributed by atoms with E-state index in [1.54, 1.807) is 19.2 Å². The molecule has 1 amide bonds. The summed E-state index contributed by atoms with van der Waals surface area (Å²) in [6, 6.07) is 16.0. The van der Waals surface area contributed by atoms with Gasteiger partial charge in [-0.2, -0.15) is 0 Å². The molecule has 1 aromatic carbocycles. The van der Waals surface area contributed by atoms with Gasteiger partial charge in [-0.3, -0.25) is 9.59 Å². The number of likely N-dealkylation sites (N-methyl/N-ethyl adjacent to an activating group) is 1. The molecule has 0 saturated heterocycles. The number of rotatable bonds is 6. The number of carboxylic acids is 1. The van der Waals surface area contributed by atoms with Gasteiger partial charge in [-0.1, -0.05) is 42.5 Å². The van der Waals surface area contributed by atoms with Crippen LogP contribution in [-0.4, -0.2) is 30.1 Å². The summed E-state index contributed by atoms with van der Waals surface area (Å²) in [4.78, 5) is 22.7. The van der Waals surface area contributed by atoms with E-state index in [4.69, 9.17) is 5.11 Å². The number of hydrogen-bond acceptors (Lipinski definition) is 3. The summed E-state index contributed by atoms with van der Waals surface area (Å²) in [6.45, 7) is 0. The molecular weight excluding hydrogens is 268 g/mol. The predicted molar refractivity (Wildman–Crippen MR) is 82.4 cm³/mol. The molecular formula is C16H20N2O3. The number of carbonyl (C=O) groups is 2. The minimum Gasteiger partial charge on any atom is -0.481 e. The molecule has 0 aliphatic rings. The zero-order valence-electron chi connectivity index (χ0n) is 12.0. The van der Waals surface area contributed by atoms with Crippen molar-refractivity contribution < 1.29 is 14.7 Å². The molecule has 0 saturated carbocycles. The molecule has 112 valence electrons. The van der Waals surface area contributed by atoms with Crippen LogP contribution in [0.5, 0.6) is 0 Å². The highest BCUT2D eigenvalue weighted by molar-refractivity contribution is 5.94. The number of hydrogen-bond donors (Lipinski definition) is 3. The Balaban J connectivity index is 2.78. The van der Waals surface area contributed by atoms with Crippen LogP contribution in [0, 0.1) is 0 Å². The van der Waals surface area contributed by atoms with Gasteiger partial charge < -0.3 is 15.7 Å². The first kappa shape index (κ1) is 16.7. The quantitative estimate of drug-likeness (QED) is 0.750. The Morgan fingerprint density at radius 1 is 1.05 bits per heavy atom. The van der Waals surface area contributed by atoms with Crippen molar-refractivity contribution in [1.82, 2.24) is 5.32 Å². The minimum absolute atomic E-state index is 0.0543. The molecule has 0 aliphatic carbocycles. The van der Waals surface area contributed by atoms with Gasteiger partial charge in [-0.05, 0) is 25.6 Å². The van der Waals surface area contributed by atoms with Crippen molar-refractivity contribution in [2.24, 2.45) is 0 Å². The van der Waals surface area contributed by atoms with Crippen molar-refractivity contribution in [2.75, 3.05) is 12.4 Å². The maximum Gasteiger partial charge on any atom is 0.303 e. The maximum absolute atomic E-state index is 12.1. The second kappa shape index (κ2) is 9.50. The zero-order valence-corrected chi connectivity index (χ0v) is 12.0. The Morgan fingerprint density at radius 2 is 1.57 bits per heavy atom. The third-order valence-electron chi connectivity index (χ3n) is 2.80. The molecule has 21 heavy (non-hydrogen) atoms. The molecule has 0 fully saturated rings. The average Bonchev–Trinajstić information content (AvgIpc) is 2.46. The van der Waals surface area contributed by atoms with Crippen LogP contribution in [0.1, 0.15) is 12.8 Å². The van der Waals surface area contributed by atoms with Gasteiger partial charge in [0.2, 0.25) is 5.91 Å². The lowest BCUT2D eigenvalue weighted by Crippen LogP contribution is -2.38. The van der Waals surface area contributed by atoms with Crippen molar-refractivity contribution in [1.29, 1.82) is 0 Å². The van der Waals surface area contributed by atoms with Gasteiger partial charge in [-0.15, -0.1) is 0 Å². The van der Waals surface area contributed by atoms with Gasteiger partial charge in [0, 0.05) is 12.1 Å². The molecule has 5 heteroatoms. The molecule has 3 N–H and O–H groups in total. The van der Waals surface area contributed by atoms with E-state index in [1.165, 1.54) is 0 Å². The first-order valence-corrected chi connectivity index (χ1v) is 6.72. The fourth-order valence-electron chi connectivity index (χ4n) is 1.68. The van der Waals surface area contributed by atoms with E-state index < -0.39 is 12.0 Å². The molecule has 0 unspecified atom stereocenters. The van der Waals surface area contributed by atoms with Gasteiger partial charge in [0.05, 0.1) is 6.04 Å². The van der Waals surface area contributed by atoms with E-state index in [0.29, 0.717) is 5.69 Å². The first-order valence-electron chi connectivity index (χ1n) is 6.72. The SMILES string of the molecule is CN[C@@H](CCC(=O)O)C(=O)Nc1ccccccccc1. The van der Waals surface area contributed by atoms with E-state index in [0.717, 1.165) is 0 Å². The van der Waals surface area contributed by atoms with Gasteiger partial charge in [0.1, 0.15) is 0 Å². The molecule has 5 nitrogen and oxygen atoms in total. The molecule has 1 aromatic rings. The van der Waals surface area contributed by atoms with E-state index in [2.05, 4.69) is 10.6 Å². The van der Waals surface area contributed by atoms with Crippen molar-refractivity contribution in [3.63, 3.8) is 0 Å². The van der Waals surface area contributed by atoms with E-state index in [9.17, 15) is 9.59 Å². The van der Waals surface area contributed by atoms with E-state index >= 15 is 0 Å². The summed E-state index contributed by atoms with van der Waals surface area (Å²) in [5.74, 6) is -1.17. The highest BCUT2D eigenvalue weighted by Gasteiger charge is 2.17. The smallest absolute Gasteiger partial charge is 0.303 e. The van der Waals surface area contributed by atoms with Crippen LogP contribution >= 0.6 is 0 Å². The van der Waals surface area contributed by atoms with Crippen molar-refractivity contribution in [3.8, 4) is 0 Å². The second-order valence-corrected chi connectivity index (χ2v) is 4.40. The highest BCUT2D eigenvalue weighted by Crippen LogP contribution is 2.06. The van der Waals surface area contributed by atoms with Crippen LogP contribution in [0.3, 0.4) is 0 Å². The van der Waals surface area contributed by atoms with Crippen LogP contribution in [0.15, 0.2) is 54.6 Å². The highest BCUT2D eigenvalue weighted by atomic mass is 16.4. The summed E-state index contributed by atoms with van der Waals surface area (Å²) < 4.78 is 0. The Kier molecular flexibility index (Phi) is 7.53. The van der Waals surface area contributed by atoms with Gasteiger partial charge in [-0.25, -0.2) is 0 Å². The molecule has 0 spiro atoms. The molecule has 0 aromatic heterocycles. The molecule has 0 aliphatic heterocycles. The molecule has 0 radical (unpaired) electrons. The minimum atomic E-state index is -0.916. The Morgan fingerprint density at radius 3 is 2.05 bits per heavy atom. The fraction of sp³-hybridized carbons (Fsp3) is 0.250. The van der Waals surface area contributed by atoms with Crippen molar-refractivity contribution >= 4 is 17.6 Å². The van der Waals surface area contributed by atoms with E-state index in [-0.39, 0.29) is 18.7 Å². The maximum atomic E-state index is 12.1. The summed E-state index contributed by atoms with van der Waals surface area (Å²) in [7, 11) is 1.64. The first-order chi connectivity index (χ1) is 10.1. The zero-order chi connectivity index (χ0) is 15.5. The predicted octanol–water partition coefficient (Wildman–Crippen LogP) is 2.20. The third-order valence-corrected chi connectivity index (χ3v) is 2.80. The lowest BCUT2D eigenvalue weighted by molar-refractivity contribution is -0.137. The summed E-state index contributed by atoms with van der Waals surface area (Å²) in [5.41, 5.74) is 0.645. The molecule has 1 rings (SSSR count). The Labute approximate surface area is 124 Å². The topological polar surface area (TPSA) is 78.4 Å². The average molecular weight is 288 g/mol. The van der Waals surface area contributed by atoms with Crippen LogP contribution in [0.4, 0.5) is 5.69 Å². The van der Waals surface area contributed by atoms with Crippen LogP contribution in [0.2, 0.25) is 0 Å². The third kappa shape index (κ3) is 7.08. The number of nitrogens with one attached hydrogen (secondary N) is 2. The summed E-state index contributed by atoms with van der Waals surface area (Å²) in [5, 5.41) is 14.3. The lowest BCUT2D eigenvalue weighted by atomic mass is 10.1. The van der Waals surface area contributed by atoms with Gasteiger partial charge in [0.15, 0.2) is 0 Å². The van der Waals surface area contributed by atoms with E-state index in [1.807, 2.05) is 42.5 Å². The molecule has 1 atom stereocenters. The Bertz CT molecular complexity index is 506. The van der Waals surface area contributed by atoms with Gasteiger partial charge in [0.25, 0.3) is 0 Å². The van der Waals surface area contributed by atoms with Crippen molar-refractivity contribution in [3.05, 3.63) is 54.6 Å². The lowest BCUT2D eigenvalue weighted by Gasteiger charge is -2.14. The number of amides is 1. The van der Waals surface area contributed by atoms with Crippen LogP contribution < -0.4 is 10.6 Å². The second-order valence-electron chi connectivity index (χ2n) is 4.40. The molecule has 0 heterocycles.